The number of anilines is 1. The van der Waals surface area contributed by atoms with Crippen LogP contribution in [0.25, 0.3) is 10.9 Å². The quantitative estimate of drug-likeness (QED) is 0.698. The van der Waals surface area contributed by atoms with E-state index in [4.69, 9.17) is 9.72 Å². The number of nitrogens with one attached hydrogen (secondary N) is 2. The van der Waals surface area contributed by atoms with Crippen molar-refractivity contribution in [3.8, 4) is 0 Å². The predicted octanol–water partition coefficient (Wildman–Crippen LogP) is 3.84. The summed E-state index contributed by atoms with van der Waals surface area (Å²) in [5, 5.41) is 7.64. The Bertz CT molecular complexity index is 1040. The Morgan fingerprint density at radius 2 is 1.93 bits per heavy atom. The standard InChI is InChI=1S/C24H25N3O2/c28-24-23(19-3-1-2-4-21(19)27-24)22-8-6-18-13-17(5-7-20(18)26-22)15-25-14-16-9-11-29-12-10-16/h1-8,13,16,23,25H,9-12,14-15H2,(H,27,28). The number of fused-ring (bicyclic) bond motifs is 2. The monoisotopic (exact) mass is 387 g/mol. The van der Waals surface area contributed by atoms with Gasteiger partial charge in [-0.25, -0.2) is 0 Å². The first-order valence-corrected chi connectivity index (χ1v) is 10.4. The number of carbonyl (C=O) groups excluding carboxylic acids is 1. The van der Waals surface area contributed by atoms with Crippen molar-refractivity contribution < 1.29 is 9.53 Å². The van der Waals surface area contributed by atoms with Gasteiger partial charge in [-0.1, -0.05) is 30.3 Å². The highest BCUT2D eigenvalue weighted by Gasteiger charge is 2.32. The van der Waals surface area contributed by atoms with Crippen LogP contribution in [-0.4, -0.2) is 30.6 Å². The van der Waals surface area contributed by atoms with Gasteiger partial charge in [-0.15, -0.1) is 0 Å². The molecule has 0 saturated carbocycles. The van der Waals surface area contributed by atoms with E-state index in [0.717, 1.165) is 67.0 Å². The minimum atomic E-state index is -0.337. The number of pyridine rings is 1. The molecule has 1 amide bonds. The molecule has 3 aromatic rings. The number of rotatable bonds is 5. The molecule has 2 N–H and O–H groups in total. The molecule has 1 fully saturated rings. The topological polar surface area (TPSA) is 63.2 Å². The average molecular weight is 387 g/mol. The van der Waals surface area contributed by atoms with Crippen molar-refractivity contribution in [2.75, 3.05) is 25.1 Å². The summed E-state index contributed by atoms with van der Waals surface area (Å²) >= 11 is 0. The Kier molecular flexibility index (Phi) is 5.00. The molecule has 2 aliphatic rings. The van der Waals surface area contributed by atoms with Gasteiger partial charge in [0.05, 0.1) is 11.2 Å². The van der Waals surface area contributed by atoms with E-state index >= 15 is 0 Å². The van der Waals surface area contributed by atoms with Gasteiger partial charge in [0.15, 0.2) is 0 Å². The number of nitrogens with zero attached hydrogens (tertiary/aromatic N) is 1. The first-order valence-electron chi connectivity index (χ1n) is 10.4. The molecule has 148 valence electrons. The highest BCUT2D eigenvalue weighted by atomic mass is 16.5. The Morgan fingerprint density at radius 1 is 1.07 bits per heavy atom. The fourth-order valence-electron chi connectivity index (χ4n) is 4.34. The number of hydrogen-bond donors (Lipinski definition) is 2. The first kappa shape index (κ1) is 18.3. The van der Waals surface area contributed by atoms with Gasteiger partial charge in [0.1, 0.15) is 5.92 Å². The van der Waals surface area contributed by atoms with Crippen molar-refractivity contribution in [2.24, 2.45) is 5.92 Å². The molecule has 1 saturated heterocycles. The molecule has 5 rings (SSSR count). The summed E-state index contributed by atoms with van der Waals surface area (Å²) in [6.45, 7) is 3.67. The number of amides is 1. The lowest BCUT2D eigenvalue weighted by molar-refractivity contribution is -0.116. The van der Waals surface area contributed by atoms with Gasteiger partial charge in [0.25, 0.3) is 0 Å². The third kappa shape index (κ3) is 3.76. The van der Waals surface area contributed by atoms with E-state index in [-0.39, 0.29) is 11.8 Å². The van der Waals surface area contributed by atoms with Crippen molar-refractivity contribution in [3.05, 3.63) is 71.4 Å². The number of benzene rings is 2. The molecule has 2 aromatic carbocycles. The summed E-state index contributed by atoms with van der Waals surface area (Å²) in [4.78, 5) is 17.3. The molecule has 2 aliphatic heterocycles. The highest BCUT2D eigenvalue weighted by Crippen LogP contribution is 2.36. The van der Waals surface area contributed by atoms with E-state index in [9.17, 15) is 4.79 Å². The minimum absolute atomic E-state index is 0.00742. The number of hydrogen-bond acceptors (Lipinski definition) is 4. The third-order valence-electron chi connectivity index (χ3n) is 5.97. The van der Waals surface area contributed by atoms with Crippen LogP contribution in [0.5, 0.6) is 0 Å². The number of aromatic nitrogens is 1. The molecule has 5 heteroatoms. The van der Waals surface area contributed by atoms with E-state index in [1.807, 2.05) is 30.3 Å². The van der Waals surface area contributed by atoms with Gasteiger partial charge in [0.2, 0.25) is 5.91 Å². The van der Waals surface area contributed by atoms with Crippen LogP contribution in [0.4, 0.5) is 5.69 Å². The average Bonchev–Trinajstić information content (AvgIpc) is 3.10. The molecule has 0 radical (unpaired) electrons. The maximum Gasteiger partial charge on any atom is 0.238 e. The molecular weight excluding hydrogens is 362 g/mol. The molecule has 29 heavy (non-hydrogen) atoms. The van der Waals surface area contributed by atoms with Crippen LogP contribution in [0.15, 0.2) is 54.6 Å². The van der Waals surface area contributed by atoms with Crippen molar-refractivity contribution in [1.82, 2.24) is 10.3 Å². The molecule has 0 aliphatic carbocycles. The van der Waals surface area contributed by atoms with Gasteiger partial charge in [0, 0.05) is 30.8 Å². The normalized spacial score (nSPS) is 19.3. The van der Waals surface area contributed by atoms with E-state index in [1.54, 1.807) is 0 Å². The summed E-state index contributed by atoms with van der Waals surface area (Å²) in [5.74, 6) is 0.372. The second-order valence-corrected chi connectivity index (χ2v) is 7.96. The summed E-state index contributed by atoms with van der Waals surface area (Å²) in [5.41, 5.74) is 4.86. The maximum atomic E-state index is 12.5. The predicted molar refractivity (Wildman–Crippen MR) is 114 cm³/mol. The van der Waals surface area contributed by atoms with E-state index in [2.05, 4.69) is 34.9 Å². The van der Waals surface area contributed by atoms with E-state index in [1.165, 1.54) is 5.56 Å². The van der Waals surface area contributed by atoms with Crippen molar-refractivity contribution in [1.29, 1.82) is 0 Å². The number of para-hydroxylation sites is 1. The minimum Gasteiger partial charge on any atom is -0.381 e. The fraction of sp³-hybridized carbons (Fsp3) is 0.333. The third-order valence-corrected chi connectivity index (χ3v) is 5.97. The first-order chi connectivity index (χ1) is 14.3. The molecule has 3 heterocycles. The molecule has 1 aromatic heterocycles. The molecular formula is C24H25N3O2. The van der Waals surface area contributed by atoms with Crippen LogP contribution in [0, 0.1) is 5.92 Å². The summed E-state index contributed by atoms with van der Waals surface area (Å²) in [7, 11) is 0. The van der Waals surface area contributed by atoms with Gasteiger partial charge in [-0.05, 0) is 60.7 Å². The Labute approximate surface area is 170 Å². The molecule has 0 spiro atoms. The Hall–Kier alpha value is -2.76. The van der Waals surface area contributed by atoms with E-state index < -0.39 is 0 Å². The van der Waals surface area contributed by atoms with Crippen LogP contribution in [0.3, 0.4) is 0 Å². The molecule has 1 unspecified atom stereocenters. The SMILES string of the molecule is O=C1Nc2ccccc2C1c1ccc2cc(CNCC3CCOCC3)ccc2n1. The molecule has 0 bridgehead atoms. The summed E-state index contributed by atoms with van der Waals surface area (Å²) < 4.78 is 5.43. The van der Waals surface area contributed by atoms with Crippen LogP contribution < -0.4 is 10.6 Å². The van der Waals surface area contributed by atoms with Crippen molar-refractivity contribution in [3.63, 3.8) is 0 Å². The van der Waals surface area contributed by atoms with Crippen molar-refractivity contribution >= 4 is 22.5 Å². The lowest BCUT2D eigenvalue weighted by atomic mass is 9.96. The highest BCUT2D eigenvalue weighted by molar-refractivity contribution is 6.05. The zero-order chi connectivity index (χ0) is 19.6. The summed E-state index contributed by atoms with van der Waals surface area (Å²) in [6.07, 6.45) is 2.30. The molecule has 5 nitrogen and oxygen atoms in total. The largest absolute Gasteiger partial charge is 0.381 e. The van der Waals surface area contributed by atoms with Crippen LogP contribution in [0.1, 0.15) is 35.6 Å². The summed E-state index contributed by atoms with van der Waals surface area (Å²) in [6, 6.07) is 18.3. The van der Waals surface area contributed by atoms with Gasteiger partial charge in [-0.2, -0.15) is 0 Å². The van der Waals surface area contributed by atoms with Crippen LogP contribution in [0.2, 0.25) is 0 Å². The number of ether oxygens (including phenoxy) is 1. The van der Waals surface area contributed by atoms with Crippen LogP contribution in [-0.2, 0) is 16.1 Å². The van der Waals surface area contributed by atoms with Crippen molar-refractivity contribution in [2.45, 2.75) is 25.3 Å². The lowest BCUT2D eigenvalue weighted by Crippen LogP contribution is -2.27. The van der Waals surface area contributed by atoms with Crippen LogP contribution >= 0.6 is 0 Å². The Morgan fingerprint density at radius 3 is 2.83 bits per heavy atom. The fourth-order valence-corrected chi connectivity index (χ4v) is 4.34. The van der Waals surface area contributed by atoms with E-state index in [0.29, 0.717) is 5.92 Å². The van der Waals surface area contributed by atoms with Gasteiger partial charge >= 0.3 is 0 Å². The maximum absolute atomic E-state index is 12.5. The zero-order valence-electron chi connectivity index (χ0n) is 16.4. The zero-order valence-corrected chi connectivity index (χ0v) is 16.4. The second kappa shape index (κ2) is 7.93. The second-order valence-electron chi connectivity index (χ2n) is 7.96. The lowest BCUT2D eigenvalue weighted by Gasteiger charge is -2.22. The Balaban J connectivity index is 1.31. The van der Waals surface area contributed by atoms with Gasteiger partial charge in [-0.3, -0.25) is 9.78 Å². The smallest absolute Gasteiger partial charge is 0.238 e. The number of carbonyl (C=O) groups is 1. The van der Waals surface area contributed by atoms with Gasteiger partial charge < -0.3 is 15.4 Å². The molecule has 1 atom stereocenters.